The van der Waals surface area contributed by atoms with Crippen LogP contribution >= 0.6 is 0 Å². The first-order valence-corrected chi connectivity index (χ1v) is 6.21. The van der Waals surface area contributed by atoms with Crippen LogP contribution in [-0.4, -0.2) is 42.0 Å². The van der Waals surface area contributed by atoms with Crippen molar-refractivity contribution >= 4 is 11.9 Å². The number of hydrogen-bond donors (Lipinski definition) is 3. The smallest absolute Gasteiger partial charge is 0.218 e. The molecule has 2 fully saturated rings. The number of fused-ring (bicyclic) bond motifs is 2. The van der Waals surface area contributed by atoms with Crippen molar-refractivity contribution < 1.29 is 0 Å². The van der Waals surface area contributed by atoms with Gasteiger partial charge in [-0.3, -0.25) is 0 Å². The molecule has 6 heteroatoms. The monoisotopic (exact) mass is 238 g/mol. The molecule has 0 aromatic rings. The highest BCUT2D eigenvalue weighted by molar-refractivity contribution is 5.92. The predicted molar refractivity (Wildman–Crippen MR) is 69.6 cm³/mol. The molecule has 0 aromatic carbocycles. The molecular weight excluding hydrogens is 216 g/mol. The van der Waals surface area contributed by atoms with Crippen molar-refractivity contribution in [2.45, 2.75) is 50.2 Å². The summed E-state index contributed by atoms with van der Waals surface area (Å²) in [7, 11) is 2.22. The van der Waals surface area contributed by atoms with E-state index in [1.165, 1.54) is 19.3 Å². The third-order valence-electron chi connectivity index (χ3n) is 3.87. The predicted octanol–water partition coefficient (Wildman–Crippen LogP) is -0.410. The molecule has 6 nitrogen and oxygen atoms in total. The molecule has 2 atom stereocenters. The van der Waals surface area contributed by atoms with Crippen molar-refractivity contribution in [1.29, 1.82) is 0 Å². The summed E-state index contributed by atoms with van der Waals surface area (Å²) >= 11 is 0. The van der Waals surface area contributed by atoms with Crippen LogP contribution in [0.2, 0.25) is 0 Å². The van der Waals surface area contributed by atoms with Gasteiger partial charge >= 0.3 is 0 Å². The molecule has 0 saturated carbocycles. The Morgan fingerprint density at radius 1 is 1.12 bits per heavy atom. The van der Waals surface area contributed by atoms with Crippen LogP contribution in [0.25, 0.3) is 0 Å². The summed E-state index contributed by atoms with van der Waals surface area (Å²) in [6, 6.07) is 1.55. The van der Waals surface area contributed by atoms with Crippen LogP contribution in [0, 0.1) is 0 Å². The van der Waals surface area contributed by atoms with Gasteiger partial charge in [-0.15, -0.1) is 0 Å². The second-order valence-electron chi connectivity index (χ2n) is 5.05. The Morgan fingerprint density at radius 3 is 2.24 bits per heavy atom. The van der Waals surface area contributed by atoms with Gasteiger partial charge in [-0.25, -0.2) is 4.99 Å². The van der Waals surface area contributed by atoms with Crippen molar-refractivity contribution in [3.05, 3.63) is 0 Å². The van der Waals surface area contributed by atoms with E-state index in [9.17, 15) is 0 Å². The highest BCUT2D eigenvalue weighted by Gasteiger charge is 2.35. The van der Waals surface area contributed by atoms with Gasteiger partial charge in [-0.05, 0) is 32.7 Å². The van der Waals surface area contributed by atoms with Crippen molar-refractivity contribution in [3.63, 3.8) is 0 Å². The quantitative estimate of drug-likeness (QED) is 0.426. The third kappa shape index (κ3) is 2.88. The molecule has 0 aliphatic carbocycles. The summed E-state index contributed by atoms with van der Waals surface area (Å²) in [6.07, 6.45) is 5.99. The summed E-state index contributed by atoms with van der Waals surface area (Å²) in [4.78, 5) is 10.7. The van der Waals surface area contributed by atoms with Gasteiger partial charge in [0.05, 0.1) is 6.04 Å². The number of hydrogen-bond acceptors (Lipinski definition) is 2. The van der Waals surface area contributed by atoms with Crippen LogP contribution < -0.4 is 17.2 Å². The molecular formula is C11H22N6. The van der Waals surface area contributed by atoms with E-state index >= 15 is 0 Å². The maximum Gasteiger partial charge on any atom is 0.218 e. The van der Waals surface area contributed by atoms with Crippen LogP contribution in [0.4, 0.5) is 0 Å². The number of guanidine groups is 2. The minimum atomic E-state index is -0.0284. The lowest BCUT2D eigenvalue weighted by molar-refractivity contribution is 0.0574. The number of aliphatic imine (C=N–C) groups is 2. The van der Waals surface area contributed by atoms with E-state index in [-0.39, 0.29) is 18.0 Å². The van der Waals surface area contributed by atoms with Crippen molar-refractivity contribution in [2.24, 2.45) is 27.2 Å². The number of nitrogens with two attached hydrogens (primary N) is 3. The van der Waals surface area contributed by atoms with Gasteiger partial charge in [0.25, 0.3) is 0 Å². The van der Waals surface area contributed by atoms with Gasteiger partial charge < -0.3 is 22.1 Å². The molecule has 2 saturated heterocycles. The van der Waals surface area contributed by atoms with E-state index in [2.05, 4.69) is 21.9 Å². The molecule has 0 aromatic heterocycles. The van der Waals surface area contributed by atoms with Gasteiger partial charge in [-0.2, -0.15) is 4.99 Å². The lowest BCUT2D eigenvalue weighted by Gasteiger charge is -2.46. The molecule has 2 rings (SSSR count). The topological polar surface area (TPSA) is 106 Å². The Labute approximate surface area is 102 Å². The first-order chi connectivity index (χ1) is 8.06. The van der Waals surface area contributed by atoms with Gasteiger partial charge in [0.2, 0.25) is 5.96 Å². The Kier molecular flexibility index (Phi) is 3.51. The summed E-state index contributed by atoms with van der Waals surface area (Å²) in [5, 5.41) is 0. The molecule has 17 heavy (non-hydrogen) atoms. The second kappa shape index (κ2) is 4.91. The van der Waals surface area contributed by atoms with E-state index in [1.54, 1.807) is 0 Å². The Balaban J connectivity index is 2.03. The highest BCUT2D eigenvalue weighted by atomic mass is 15.2. The number of piperidine rings is 2. The Bertz CT molecular complexity index is 319. The zero-order valence-corrected chi connectivity index (χ0v) is 10.3. The average molecular weight is 238 g/mol. The van der Waals surface area contributed by atoms with Crippen LogP contribution in [0.15, 0.2) is 9.98 Å². The fourth-order valence-electron chi connectivity index (χ4n) is 3.04. The first-order valence-electron chi connectivity index (χ1n) is 6.21. The van der Waals surface area contributed by atoms with E-state index in [0.717, 1.165) is 12.8 Å². The molecule has 2 bridgehead atoms. The Hall–Kier alpha value is -1.30. The maximum absolute atomic E-state index is 5.68. The molecule has 0 spiro atoms. The second-order valence-corrected chi connectivity index (χ2v) is 5.05. The van der Waals surface area contributed by atoms with Crippen LogP contribution in [0.3, 0.4) is 0 Å². The summed E-state index contributed by atoms with van der Waals surface area (Å²) in [6.45, 7) is 0. The summed E-state index contributed by atoms with van der Waals surface area (Å²) < 4.78 is 0. The molecule has 96 valence electrons. The van der Waals surface area contributed by atoms with Crippen LogP contribution in [-0.2, 0) is 0 Å². The van der Waals surface area contributed by atoms with Crippen LogP contribution in [0.5, 0.6) is 0 Å². The third-order valence-corrected chi connectivity index (χ3v) is 3.87. The highest BCUT2D eigenvalue weighted by Crippen LogP contribution is 2.33. The molecule has 0 radical (unpaired) electrons. The van der Waals surface area contributed by atoms with Gasteiger partial charge in [0.15, 0.2) is 5.96 Å². The molecule has 2 aliphatic heterocycles. The first kappa shape index (κ1) is 12.2. The number of rotatable bonds is 1. The fourth-order valence-corrected chi connectivity index (χ4v) is 3.04. The molecule has 2 heterocycles. The van der Waals surface area contributed by atoms with Gasteiger partial charge in [0, 0.05) is 12.1 Å². The standard InChI is InChI=1S/C11H22N6/c1-17-8-3-2-4-9(17)6-7(5-8)15-11(14)16-10(12)13/h7-9H,2-6H2,1H3,(H6,12,13,14,15,16). The maximum atomic E-state index is 5.68. The van der Waals surface area contributed by atoms with Gasteiger partial charge in [0.1, 0.15) is 0 Å². The van der Waals surface area contributed by atoms with E-state index in [0.29, 0.717) is 12.1 Å². The van der Waals surface area contributed by atoms with Gasteiger partial charge in [-0.1, -0.05) is 6.42 Å². The Morgan fingerprint density at radius 2 is 1.71 bits per heavy atom. The average Bonchev–Trinajstić information content (AvgIpc) is 2.18. The molecule has 2 aliphatic rings. The molecule has 0 amide bonds. The summed E-state index contributed by atoms with van der Waals surface area (Å²) in [5.41, 5.74) is 16.2. The fraction of sp³-hybridized carbons (Fsp3) is 0.818. The summed E-state index contributed by atoms with van der Waals surface area (Å²) in [5.74, 6) is 0.178. The molecule has 2 unspecified atom stereocenters. The number of nitrogens with zero attached hydrogens (tertiary/aromatic N) is 3. The van der Waals surface area contributed by atoms with E-state index in [1.807, 2.05) is 0 Å². The van der Waals surface area contributed by atoms with E-state index in [4.69, 9.17) is 17.2 Å². The largest absolute Gasteiger partial charge is 0.370 e. The van der Waals surface area contributed by atoms with Crippen LogP contribution in [0.1, 0.15) is 32.1 Å². The minimum Gasteiger partial charge on any atom is -0.370 e. The SMILES string of the molecule is CN1C2CCCC1CC(N=C(N)N=C(N)N)C2. The molecule has 6 N–H and O–H groups in total. The van der Waals surface area contributed by atoms with Crippen molar-refractivity contribution in [3.8, 4) is 0 Å². The van der Waals surface area contributed by atoms with Crippen molar-refractivity contribution in [1.82, 2.24) is 4.90 Å². The lowest BCUT2D eigenvalue weighted by Crippen LogP contribution is -2.51. The zero-order valence-electron chi connectivity index (χ0n) is 10.3. The lowest BCUT2D eigenvalue weighted by atomic mass is 9.82. The van der Waals surface area contributed by atoms with Crippen molar-refractivity contribution in [2.75, 3.05) is 7.05 Å². The van der Waals surface area contributed by atoms with E-state index < -0.39 is 0 Å². The normalized spacial score (nSPS) is 34.4. The minimum absolute atomic E-state index is 0.0284. The zero-order chi connectivity index (χ0) is 12.4.